The van der Waals surface area contributed by atoms with Crippen molar-refractivity contribution in [3.05, 3.63) is 47.3 Å². The first kappa shape index (κ1) is 13.2. The quantitative estimate of drug-likeness (QED) is 0.892. The van der Waals surface area contributed by atoms with E-state index in [1.807, 2.05) is 0 Å². The van der Waals surface area contributed by atoms with E-state index in [1.165, 1.54) is 19.2 Å². The second-order valence-electron chi connectivity index (χ2n) is 4.01. The molecule has 0 aliphatic rings. The van der Waals surface area contributed by atoms with Gasteiger partial charge in [-0.2, -0.15) is 0 Å². The Morgan fingerprint density at radius 3 is 2.26 bits per heavy atom. The molecule has 3 nitrogen and oxygen atoms in total. The van der Waals surface area contributed by atoms with Crippen LogP contribution in [0.3, 0.4) is 0 Å². The SMILES string of the molecule is CNc1nc(Nc2ccc(C)cc2F)c(F)cc1F. The Labute approximate surface area is 108 Å². The van der Waals surface area contributed by atoms with Crippen LogP contribution in [0.15, 0.2) is 24.3 Å². The van der Waals surface area contributed by atoms with Crippen molar-refractivity contribution in [3.8, 4) is 0 Å². The highest BCUT2D eigenvalue weighted by molar-refractivity contribution is 5.60. The molecule has 1 aromatic carbocycles. The van der Waals surface area contributed by atoms with Crippen molar-refractivity contribution in [2.75, 3.05) is 17.7 Å². The second-order valence-corrected chi connectivity index (χ2v) is 4.01. The summed E-state index contributed by atoms with van der Waals surface area (Å²) in [6, 6.07) is 5.13. The number of anilines is 3. The molecule has 0 saturated heterocycles. The lowest BCUT2D eigenvalue weighted by molar-refractivity contribution is 0.579. The molecule has 0 aliphatic heterocycles. The van der Waals surface area contributed by atoms with Gasteiger partial charge in [0.15, 0.2) is 23.3 Å². The summed E-state index contributed by atoms with van der Waals surface area (Å²) in [6.45, 7) is 1.74. The van der Waals surface area contributed by atoms with Gasteiger partial charge in [-0.15, -0.1) is 0 Å². The predicted molar refractivity (Wildman–Crippen MR) is 68.1 cm³/mol. The van der Waals surface area contributed by atoms with Gasteiger partial charge in [-0.05, 0) is 24.6 Å². The number of nitrogens with zero attached hydrogens (tertiary/aromatic N) is 1. The molecule has 1 heterocycles. The maximum atomic E-state index is 13.6. The highest BCUT2D eigenvalue weighted by atomic mass is 19.1. The molecule has 0 atom stereocenters. The largest absolute Gasteiger partial charge is 0.371 e. The van der Waals surface area contributed by atoms with E-state index < -0.39 is 17.5 Å². The maximum absolute atomic E-state index is 13.6. The van der Waals surface area contributed by atoms with Crippen LogP contribution >= 0.6 is 0 Å². The van der Waals surface area contributed by atoms with E-state index in [9.17, 15) is 13.2 Å². The Kier molecular flexibility index (Phi) is 3.59. The van der Waals surface area contributed by atoms with Crippen LogP contribution in [0.5, 0.6) is 0 Å². The molecule has 0 unspecified atom stereocenters. The van der Waals surface area contributed by atoms with Crippen molar-refractivity contribution in [1.29, 1.82) is 0 Å². The van der Waals surface area contributed by atoms with E-state index in [0.717, 1.165) is 5.56 Å². The first-order valence-corrected chi connectivity index (χ1v) is 5.58. The molecule has 0 fully saturated rings. The Balaban J connectivity index is 2.37. The van der Waals surface area contributed by atoms with Gasteiger partial charge in [0, 0.05) is 13.1 Å². The molecule has 0 bridgehead atoms. The van der Waals surface area contributed by atoms with E-state index in [2.05, 4.69) is 15.6 Å². The Morgan fingerprint density at radius 2 is 1.63 bits per heavy atom. The van der Waals surface area contributed by atoms with Crippen molar-refractivity contribution in [1.82, 2.24) is 4.98 Å². The van der Waals surface area contributed by atoms with Crippen molar-refractivity contribution in [2.45, 2.75) is 6.92 Å². The standard InChI is InChI=1S/C13H12F3N3/c1-7-3-4-11(8(14)5-7)18-13-10(16)6-9(15)12(17-2)19-13/h3-6H,1-2H3,(H2,17,18,19). The Hall–Kier alpha value is -2.24. The number of nitrogens with one attached hydrogen (secondary N) is 2. The molecular weight excluding hydrogens is 255 g/mol. The van der Waals surface area contributed by atoms with Gasteiger partial charge in [0.1, 0.15) is 5.82 Å². The van der Waals surface area contributed by atoms with Gasteiger partial charge in [-0.1, -0.05) is 6.07 Å². The van der Waals surface area contributed by atoms with E-state index in [-0.39, 0.29) is 17.3 Å². The minimum atomic E-state index is -0.892. The normalized spacial score (nSPS) is 10.4. The van der Waals surface area contributed by atoms with Gasteiger partial charge in [0.2, 0.25) is 0 Å². The van der Waals surface area contributed by atoms with Crippen LogP contribution in [0.4, 0.5) is 30.5 Å². The zero-order valence-corrected chi connectivity index (χ0v) is 10.4. The third-order valence-electron chi connectivity index (χ3n) is 2.54. The third kappa shape index (κ3) is 2.78. The second kappa shape index (κ2) is 5.17. The van der Waals surface area contributed by atoms with Crippen molar-refractivity contribution in [2.24, 2.45) is 0 Å². The summed E-state index contributed by atoms with van der Waals surface area (Å²) in [5.41, 5.74) is 0.817. The van der Waals surface area contributed by atoms with Crippen molar-refractivity contribution in [3.63, 3.8) is 0 Å². The fourth-order valence-electron chi connectivity index (χ4n) is 1.58. The molecule has 2 rings (SSSR count). The number of halogens is 3. The number of benzene rings is 1. The average molecular weight is 267 g/mol. The highest BCUT2D eigenvalue weighted by Gasteiger charge is 2.12. The summed E-state index contributed by atoms with van der Waals surface area (Å²) in [7, 11) is 1.46. The van der Waals surface area contributed by atoms with Crippen LogP contribution in [-0.2, 0) is 0 Å². The lowest BCUT2D eigenvalue weighted by Gasteiger charge is -2.10. The van der Waals surface area contributed by atoms with E-state index in [4.69, 9.17) is 0 Å². The third-order valence-corrected chi connectivity index (χ3v) is 2.54. The van der Waals surface area contributed by atoms with Crippen LogP contribution in [0, 0.1) is 24.4 Å². The number of hydrogen-bond acceptors (Lipinski definition) is 3. The van der Waals surface area contributed by atoms with Gasteiger partial charge in [0.25, 0.3) is 0 Å². The van der Waals surface area contributed by atoms with Gasteiger partial charge in [0.05, 0.1) is 5.69 Å². The number of hydrogen-bond donors (Lipinski definition) is 2. The van der Waals surface area contributed by atoms with Gasteiger partial charge < -0.3 is 10.6 Å². The minimum Gasteiger partial charge on any atom is -0.371 e. The Bertz CT molecular complexity index is 614. The molecular formula is C13H12F3N3. The molecule has 0 amide bonds. The van der Waals surface area contributed by atoms with Gasteiger partial charge in [-0.3, -0.25) is 0 Å². The number of aromatic nitrogens is 1. The molecule has 2 N–H and O–H groups in total. The monoisotopic (exact) mass is 267 g/mol. The van der Waals surface area contributed by atoms with Crippen LogP contribution in [0.25, 0.3) is 0 Å². The lowest BCUT2D eigenvalue weighted by Crippen LogP contribution is -2.04. The van der Waals surface area contributed by atoms with Crippen molar-refractivity contribution >= 4 is 17.3 Å². The van der Waals surface area contributed by atoms with Gasteiger partial charge >= 0.3 is 0 Å². The number of rotatable bonds is 3. The van der Waals surface area contributed by atoms with Crippen LogP contribution < -0.4 is 10.6 Å². The summed E-state index contributed by atoms with van der Waals surface area (Å²) >= 11 is 0. The number of aryl methyl sites for hydroxylation is 1. The minimum absolute atomic E-state index is 0.0747. The summed E-state index contributed by atoms with van der Waals surface area (Å²) in [4.78, 5) is 3.71. The van der Waals surface area contributed by atoms with Crippen LogP contribution in [0.2, 0.25) is 0 Å². The molecule has 0 aliphatic carbocycles. The molecule has 6 heteroatoms. The summed E-state index contributed by atoms with van der Waals surface area (Å²) < 4.78 is 40.4. The number of pyridine rings is 1. The summed E-state index contributed by atoms with van der Waals surface area (Å²) in [6.07, 6.45) is 0. The summed E-state index contributed by atoms with van der Waals surface area (Å²) in [5.74, 6) is -2.59. The first-order valence-electron chi connectivity index (χ1n) is 5.58. The molecule has 0 spiro atoms. The highest BCUT2D eigenvalue weighted by Crippen LogP contribution is 2.24. The van der Waals surface area contributed by atoms with Crippen molar-refractivity contribution < 1.29 is 13.2 Å². The van der Waals surface area contributed by atoms with E-state index >= 15 is 0 Å². The molecule has 1 aromatic heterocycles. The summed E-state index contributed by atoms with van der Waals surface area (Å²) in [5, 5.41) is 4.99. The zero-order valence-electron chi connectivity index (χ0n) is 10.4. The maximum Gasteiger partial charge on any atom is 0.169 e. The van der Waals surface area contributed by atoms with Crippen LogP contribution in [-0.4, -0.2) is 12.0 Å². The fraction of sp³-hybridized carbons (Fsp3) is 0.154. The zero-order chi connectivity index (χ0) is 14.0. The first-order chi connectivity index (χ1) is 9.01. The van der Waals surface area contributed by atoms with Gasteiger partial charge in [-0.25, -0.2) is 18.2 Å². The molecule has 100 valence electrons. The molecule has 0 radical (unpaired) electrons. The molecule has 2 aromatic rings. The topological polar surface area (TPSA) is 37.0 Å². The molecule has 0 saturated carbocycles. The van der Waals surface area contributed by atoms with E-state index in [1.54, 1.807) is 13.0 Å². The van der Waals surface area contributed by atoms with E-state index in [0.29, 0.717) is 6.07 Å². The Morgan fingerprint density at radius 1 is 0.947 bits per heavy atom. The molecule has 19 heavy (non-hydrogen) atoms. The fourth-order valence-corrected chi connectivity index (χ4v) is 1.58. The lowest BCUT2D eigenvalue weighted by atomic mass is 10.2. The van der Waals surface area contributed by atoms with Crippen LogP contribution in [0.1, 0.15) is 5.56 Å². The smallest absolute Gasteiger partial charge is 0.169 e. The predicted octanol–water partition coefficient (Wildman–Crippen LogP) is 3.59. The average Bonchev–Trinajstić information content (AvgIpc) is 2.35.